The van der Waals surface area contributed by atoms with Crippen molar-refractivity contribution in [2.75, 3.05) is 0 Å². The van der Waals surface area contributed by atoms with Gasteiger partial charge in [0.25, 0.3) is 0 Å². The molecule has 4 heterocycles. The molecule has 0 radical (unpaired) electrons. The van der Waals surface area contributed by atoms with E-state index >= 15 is 0 Å². The molecule has 1 aliphatic carbocycles. The fourth-order valence-corrected chi connectivity index (χ4v) is 11.9. The van der Waals surface area contributed by atoms with Crippen LogP contribution >= 0.6 is 11.3 Å². The Morgan fingerprint density at radius 3 is 1.76 bits per heavy atom. The van der Waals surface area contributed by atoms with Gasteiger partial charge in [0.05, 0.1) is 0 Å². The minimum absolute atomic E-state index is 0.0431. The molecule has 0 bridgehead atoms. The Morgan fingerprint density at radius 2 is 0.939 bits per heavy atom. The molecule has 0 amide bonds. The highest BCUT2D eigenvalue weighted by atomic mass is 32.1. The van der Waals surface area contributed by atoms with Gasteiger partial charge in [-0.25, -0.2) is 15.0 Å². The normalized spacial score (nSPS) is 13.1. The van der Waals surface area contributed by atoms with Gasteiger partial charge in [-0.3, -0.25) is 0 Å². The number of fused-ring (bicyclic) bond motifs is 12. The lowest BCUT2D eigenvalue weighted by Crippen LogP contribution is -2.14. The van der Waals surface area contributed by atoms with Crippen LogP contribution in [0.4, 0.5) is 0 Å². The molecule has 9 aromatic carbocycles. The molecular formula is C60H37N3O2S. The van der Waals surface area contributed by atoms with Gasteiger partial charge < -0.3 is 8.83 Å². The maximum atomic E-state index is 6.59. The molecule has 66 heavy (non-hydrogen) atoms. The van der Waals surface area contributed by atoms with Crippen LogP contribution in [0.3, 0.4) is 0 Å². The van der Waals surface area contributed by atoms with Crippen LogP contribution in [-0.4, -0.2) is 15.0 Å². The van der Waals surface area contributed by atoms with Crippen LogP contribution in [-0.2, 0) is 5.41 Å². The maximum absolute atomic E-state index is 6.59. The Kier molecular flexibility index (Phi) is 7.84. The van der Waals surface area contributed by atoms with Crippen LogP contribution in [0.2, 0.25) is 0 Å². The molecular weight excluding hydrogens is 827 g/mol. The summed E-state index contributed by atoms with van der Waals surface area (Å²) in [5.74, 6) is 1.73. The zero-order chi connectivity index (χ0) is 43.7. The van der Waals surface area contributed by atoms with Crippen molar-refractivity contribution in [1.29, 1.82) is 0 Å². The topological polar surface area (TPSA) is 65.0 Å². The molecule has 0 saturated heterocycles. The van der Waals surface area contributed by atoms with Gasteiger partial charge in [-0.1, -0.05) is 153 Å². The number of aromatic nitrogens is 3. The van der Waals surface area contributed by atoms with Crippen LogP contribution in [0.1, 0.15) is 25.0 Å². The van der Waals surface area contributed by atoms with Gasteiger partial charge in [0.15, 0.2) is 17.5 Å². The van der Waals surface area contributed by atoms with Gasteiger partial charge in [-0.05, 0) is 93.0 Å². The van der Waals surface area contributed by atoms with Gasteiger partial charge in [-0.15, -0.1) is 11.3 Å². The molecule has 5 nitrogen and oxygen atoms in total. The number of hydrogen-bond donors (Lipinski definition) is 0. The maximum Gasteiger partial charge on any atom is 0.165 e. The molecule has 310 valence electrons. The van der Waals surface area contributed by atoms with Crippen molar-refractivity contribution >= 4 is 75.4 Å². The SMILES string of the molecule is CC1(C)c2ccccc2-c2cc(-c3ccc(-c4ccc5oc6ccccc6c5c4-c4nc(-c5cccc6c5sc5ccccc56)nc(-c5cccc6oc7ccccc7c56)n4)cc3)ccc21. The first kappa shape index (κ1) is 37.2. The van der Waals surface area contributed by atoms with Crippen LogP contribution in [0, 0.1) is 0 Å². The number of nitrogens with zero attached hydrogens (tertiary/aromatic N) is 3. The molecule has 0 saturated carbocycles. The number of para-hydroxylation sites is 2. The predicted octanol–water partition coefficient (Wildman–Crippen LogP) is 16.7. The lowest BCUT2D eigenvalue weighted by molar-refractivity contribution is 0.660. The van der Waals surface area contributed by atoms with Crippen LogP contribution in [0.25, 0.3) is 132 Å². The summed E-state index contributed by atoms with van der Waals surface area (Å²) in [7, 11) is 0. The van der Waals surface area contributed by atoms with Crippen molar-refractivity contribution in [3.8, 4) is 67.5 Å². The smallest absolute Gasteiger partial charge is 0.165 e. The highest BCUT2D eigenvalue weighted by Crippen LogP contribution is 2.50. The molecule has 0 fully saturated rings. The first-order valence-corrected chi connectivity index (χ1v) is 23.2. The fourth-order valence-electron chi connectivity index (χ4n) is 10.6. The van der Waals surface area contributed by atoms with E-state index in [9.17, 15) is 0 Å². The van der Waals surface area contributed by atoms with Gasteiger partial charge in [0.2, 0.25) is 0 Å². The zero-order valence-electron chi connectivity index (χ0n) is 36.0. The number of furan rings is 2. The van der Waals surface area contributed by atoms with Gasteiger partial charge in [0, 0.05) is 63.8 Å². The Balaban J connectivity index is 1.01. The highest BCUT2D eigenvalue weighted by molar-refractivity contribution is 7.26. The number of rotatable bonds is 5. The first-order chi connectivity index (χ1) is 32.5. The summed E-state index contributed by atoms with van der Waals surface area (Å²) in [6, 6.07) is 66.5. The van der Waals surface area contributed by atoms with Crippen molar-refractivity contribution in [3.05, 3.63) is 199 Å². The third-order valence-corrected chi connectivity index (χ3v) is 15.0. The Morgan fingerprint density at radius 1 is 0.379 bits per heavy atom. The highest BCUT2D eigenvalue weighted by Gasteiger charge is 2.35. The van der Waals surface area contributed by atoms with Crippen molar-refractivity contribution in [1.82, 2.24) is 15.0 Å². The lowest BCUT2D eigenvalue weighted by atomic mass is 9.82. The lowest BCUT2D eigenvalue weighted by Gasteiger charge is -2.21. The molecule has 6 heteroatoms. The van der Waals surface area contributed by atoms with Crippen molar-refractivity contribution in [2.45, 2.75) is 19.3 Å². The summed E-state index contributed by atoms with van der Waals surface area (Å²) in [5.41, 5.74) is 15.6. The number of hydrogen-bond acceptors (Lipinski definition) is 6. The second kappa shape index (κ2) is 13.9. The van der Waals surface area contributed by atoms with E-state index in [4.69, 9.17) is 23.8 Å². The second-order valence-electron chi connectivity index (χ2n) is 17.8. The molecule has 0 aliphatic heterocycles. The summed E-state index contributed by atoms with van der Waals surface area (Å²) in [6.07, 6.45) is 0. The fraction of sp³-hybridized carbons (Fsp3) is 0.0500. The van der Waals surface area contributed by atoms with Crippen molar-refractivity contribution in [2.24, 2.45) is 0 Å². The molecule has 0 N–H and O–H groups in total. The van der Waals surface area contributed by atoms with Gasteiger partial charge >= 0.3 is 0 Å². The van der Waals surface area contributed by atoms with E-state index in [0.717, 1.165) is 82.0 Å². The quantitative estimate of drug-likeness (QED) is 0.172. The van der Waals surface area contributed by atoms with Crippen LogP contribution in [0.5, 0.6) is 0 Å². The largest absolute Gasteiger partial charge is 0.456 e. The Bertz CT molecular complexity index is 4150. The summed E-state index contributed by atoms with van der Waals surface area (Å²) in [4.78, 5) is 16.4. The van der Waals surface area contributed by atoms with Crippen LogP contribution < -0.4 is 0 Å². The summed E-state index contributed by atoms with van der Waals surface area (Å²) < 4.78 is 15.4. The summed E-state index contributed by atoms with van der Waals surface area (Å²) >= 11 is 1.77. The van der Waals surface area contributed by atoms with E-state index < -0.39 is 0 Å². The average Bonchev–Trinajstić information content (AvgIpc) is 4.12. The van der Waals surface area contributed by atoms with E-state index in [1.807, 2.05) is 42.5 Å². The Hall–Kier alpha value is -8.19. The van der Waals surface area contributed by atoms with E-state index in [1.54, 1.807) is 11.3 Å². The van der Waals surface area contributed by atoms with Gasteiger partial charge in [0.1, 0.15) is 22.3 Å². The first-order valence-electron chi connectivity index (χ1n) is 22.3. The minimum Gasteiger partial charge on any atom is -0.456 e. The third kappa shape index (κ3) is 5.42. The van der Waals surface area contributed by atoms with E-state index in [0.29, 0.717) is 17.5 Å². The zero-order valence-corrected chi connectivity index (χ0v) is 36.8. The summed E-state index contributed by atoms with van der Waals surface area (Å²) in [5, 5.41) is 6.34. The molecule has 1 aliphatic rings. The van der Waals surface area contributed by atoms with E-state index in [-0.39, 0.29) is 5.41 Å². The second-order valence-corrected chi connectivity index (χ2v) is 18.9. The standard InChI is InChI=1S/C60H37N3O2S/c1-60(2)46-20-7-3-13-38(46)45-33-36(29-31-47(45)60)34-25-27-35(28-26-34)37-30-32-51-54(42-16-5-9-22-49(42)65-51)55(37)59-62-57(43-18-12-23-50-53(43)41-15-4-8-21-48(41)64-50)61-58(63-59)44-19-11-17-40-39-14-6-10-24-52(39)66-56(40)44/h3-33H,1-2H3. The molecule has 14 rings (SSSR count). The number of thiophene rings is 1. The summed E-state index contributed by atoms with van der Waals surface area (Å²) in [6.45, 7) is 4.65. The van der Waals surface area contributed by atoms with Crippen molar-refractivity contribution in [3.63, 3.8) is 0 Å². The molecule has 4 aromatic heterocycles. The van der Waals surface area contributed by atoms with E-state index in [2.05, 4.69) is 159 Å². The number of benzene rings is 9. The van der Waals surface area contributed by atoms with Crippen molar-refractivity contribution < 1.29 is 8.83 Å². The molecule has 13 aromatic rings. The van der Waals surface area contributed by atoms with Gasteiger partial charge in [-0.2, -0.15) is 0 Å². The molecule has 0 atom stereocenters. The third-order valence-electron chi connectivity index (χ3n) is 13.8. The van der Waals surface area contributed by atoms with Crippen LogP contribution in [0.15, 0.2) is 197 Å². The monoisotopic (exact) mass is 863 g/mol. The molecule has 0 spiro atoms. The minimum atomic E-state index is -0.0431. The molecule has 0 unspecified atom stereocenters. The Labute approximate surface area is 383 Å². The van der Waals surface area contributed by atoms with E-state index in [1.165, 1.54) is 43.3 Å². The predicted molar refractivity (Wildman–Crippen MR) is 272 cm³/mol. The average molecular weight is 864 g/mol.